The highest BCUT2D eigenvalue weighted by Gasteiger charge is 2.26. The smallest absolute Gasteiger partial charge is 0.363 e. The van der Waals surface area contributed by atoms with Crippen molar-refractivity contribution in [1.82, 2.24) is 0 Å². The van der Waals surface area contributed by atoms with Crippen LogP contribution in [0.3, 0.4) is 0 Å². The van der Waals surface area contributed by atoms with Gasteiger partial charge in [0.15, 0.2) is 17.2 Å². The average molecular weight is 503 g/mol. The van der Waals surface area contributed by atoms with Crippen molar-refractivity contribution in [2.24, 2.45) is 4.99 Å². The van der Waals surface area contributed by atoms with Crippen molar-refractivity contribution in [3.8, 4) is 11.5 Å². The first-order valence-electron chi connectivity index (χ1n) is 9.48. The Morgan fingerprint density at radius 3 is 2.45 bits per heavy atom. The Hall–Kier alpha value is -3.32. The molecule has 1 aliphatic rings. The molecule has 0 fully saturated rings. The summed E-state index contributed by atoms with van der Waals surface area (Å²) in [6.07, 6.45) is 1.47. The predicted molar refractivity (Wildman–Crippen MR) is 126 cm³/mol. The molecular formula is C24H14Cl3NO5. The summed E-state index contributed by atoms with van der Waals surface area (Å²) in [5.41, 5.74) is 1.30. The van der Waals surface area contributed by atoms with Crippen LogP contribution in [0.15, 0.2) is 71.4 Å². The Morgan fingerprint density at radius 2 is 1.76 bits per heavy atom. The first-order valence-corrected chi connectivity index (χ1v) is 10.6. The minimum absolute atomic E-state index is 0.0307. The molecule has 0 bridgehead atoms. The fourth-order valence-corrected chi connectivity index (χ4v) is 3.74. The zero-order chi connectivity index (χ0) is 23.5. The first-order chi connectivity index (χ1) is 15.9. The predicted octanol–water partition coefficient (Wildman–Crippen LogP) is 6.22. The van der Waals surface area contributed by atoms with Crippen LogP contribution < -0.4 is 9.47 Å². The fraction of sp³-hybridized carbons (Fsp3) is 0.0417. The summed E-state index contributed by atoms with van der Waals surface area (Å²) in [6, 6.07) is 16.3. The van der Waals surface area contributed by atoms with Gasteiger partial charge in [-0.05, 0) is 54.1 Å². The van der Waals surface area contributed by atoms with Crippen LogP contribution in [0.5, 0.6) is 11.5 Å². The molecule has 33 heavy (non-hydrogen) atoms. The lowest BCUT2D eigenvalue weighted by Crippen LogP contribution is -2.09. The second kappa shape index (κ2) is 9.67. The Bertz CT molecular complexity index is 1320. The van der Waals surface area contributed by atoms with E-state index >= 15 is 0 Å². The van der Waals surface area contributed by atoms with Gasteiger partial charge < -0.3 is 14.2 Å². The minimum Gasteiger partial charge on any atom is -0.493 e. The maximum atomic E-state index is 12.4. The summed E-state index contributed by atoms with van der Waals surface area (Å²) >= 11 is 18.4. The van der Waals surface area contributed by atoms with Crippen molar-refractivity contribution < 1.29 is 23.8 Å². The lowest BCUT2D eigenvalue weighted by molar-refractivity contribution is -0.129. The number of benzene rings is 3. The van der Waals surface area contributed by atoms with E-state index in [2.05, 4.69) is 4.99 Å². The number of cyclic esters (lactones) is 1. The van der Waals surface area contributed by atoms with Crippen LogP contribution in [0.1, 0.15) is 21.5 Å². The number of esters is 2. The largest absolute Gasteiger partial charge is 0.493 e. The van der Waals surface area contributed by atoms with Crippen LogP contribution in [0.2, 0.25) is 15.1 Å². The zero-order valence-electron chi connectivity index (χ0n) is 17.0. The van der Waals surface area contributed by atoms with Gasteiger partial charge in [-0.1, -0.05) is 53.0 Å². The number of nitrogens with zero attached hydrogens (tertiary/aromatic N) is 1. The van der Waals surface area contributed by atoms with E-state index in [9.17, 15) is 9.59 Å². The van der Waals surface area contributed by atoms with Crippen LogP contribution in [0.4, 0.5) is 0 Å². The van der Waals surface area contributed by atoms with Gasteiger partial charge in [0, 0.05) is 5.02 Å². The van der Waals surface area contributed by atoms with Gasteiger partial charge in [0.25, 0.3) is 0 Å². The molecule has 1 aliphatic heterocycles. The van der Waals surface area contributed by atoms with Crippen molar-refractivity contribution in [2.75, 3.05) is 7.11 Å². The standard InChI is InChI=1S/C24H14Cl3NO5/c1-31-20-11-13(9-18(27)21(20)32-23(29)14-5-3-2-4-6-14)10-19-24(30)33-22(28-19)16-8-7-15(25)12-17(16)26/h2-12H,1H3/b19-10-. The van der Waals surface area contributed by atoms with Crippen molar-refractivity contribution in [1.29, 1.82) is 0 Å². The molecule has 0 amide bonds. The summed E-state index contributed by atoms with van der Waals surface area (Å²) in [4.78, 5) is 29.0. The lowest BCUT2D eigenvalue weighted by atomic mass is 10.1. The van der Waals surface area contributed by atoms with E-state index in [1.54, 1.807) is 48.5 Å². The second-order valence-electron chi connectivity index (χ2n) is 6.75. The highest BCUT2D eigenvalue weighted by molar-refractivity contribution is 6.37. The van der Waals surface area contributed by atoms with Crippen molar-refractivity contribution >= 4 is 58.7 Å². The molecule has 0 aliphatic carbocycles. The number of carbonyl (C=O) groups is 2. The molecule has 0 saturated heterocycles. The lowest BCUT2D eigenvalue weighted by Gasteiger charge is -2.12. The molecule has 1 heterocycles. The molecule has 166 valence electrons. The van der Waals surface area contributed by atoms with Gasteiger partial charge in [0.05, 0.1) is 28.3 Å². The molecule has 0 radical (unpaired) electrons. The summed E-state index contributed by atoms with van der Waals surface area (Å²) in [7, 11) is 1.41. The molecule has 3 aromatic rings. The van der Waals surface area contributed by atoms with E-state index in [0.717, 1.165) is 0 Å². The van der Waals surface area contributed by atoms with Gasteiger partial charge in [-0.25, -0.2) is 14.6 Å². The second-order valence-corrected chi connectivity index (χ2v) is 8.00. The Morgan fingerprint density at radius 1 is 1.00 bits per heavy atom. The third-order valence-electron chi connectivity index (χ3n) is 4.54. The molecule has 3 aromatic carbocycles. The van der Waals surface area contributed by atoms with E-state index < -0.39 is 11.9 Å². The van der Waals surface area contributed by atoms with Gasteiger partial charge >= 0.3 is 11.9 Å². The topological polar surface area (TPSA) is 74.2 Å². The van der Waals surface area contributed by atoms with Gasteiger partial charge in [-0.3, -0.25) is 0 Å². The van der Waals surface area contributed by atoms with Gasteiger partial charge in [-0.2, -0.15) is 0 Å². The monoisotopic (exact) mass is 501 g/mol. The van der Waals surface area contributed by atoms with Gasteiger partial charge in [-0.15, -0.1) is 0 Å². The van der Waals surface area contributed by atoms with E-state index in [1.807, 2.05) is 0 Å². The van der Waals surface area contributed by atoms with Crippen molar-refractivity contribution in [3.05, 3.63) is 98.1 Å². The molecular weight excluding hydrogens is 489 g/mol. The number of halogens is 3. The molecule has 4 rings (SSSR count). The maximum Gasteiger partial charge on any atom is 0.363 e. The molecule has 0 N–H and O–H groups in total. The van der Waals surface area contributed by atoms with E-state index in [1.165, 1.54) is 25.3 Å². The quantitative estimate of drug-likeness (QED) is 0.235. The number of hydrogen-bond donors (Lipinski definition) is 0. The summed E-state index contributed by atoms with van der Waals surface area (Å²) in [6.45, 7) is 0. The number of methoxy groups -OCH3 is 1. The van der Waals surface area contributed by atoms with Crippen molar-refractivity contribution in [2.45, 2.75) is 0 Å². The summed E-state index contributed by atoms with van der Waals surface area (Å²) in [5, 5.41) is 0.852. The SMILES string of the molecule is COc1cc(/C=C2\N=C(c3ccc(Cl)cc3Cl)OC2=O)cc(Cl)c1OC(=O)c1ccccc1. The zero-order valence-corrected chi connectivity index (χ0v) is 19.2. The number of carbonyl (C=O) groups excluding carboxylic acids is 2. The van der Waals surface area contributed by atoms with E-state index in [4.69, 9.17) is 49.0 Å². The number of aliphatic imine (C=N–C) groups is 1. The van der Waals surface area contributed by atoms with Crippen LogP contribution >= 0.6 is 34.8 Å². The molecule has 0 unspecified atom stereocenters. The molecule has 9 heteroatoms. The molecule has 0 aromatic heterocycles. The normalized spacial score (nSPS) is 14.1. The van der Waals surface area contributed by atoms with E-state index in [0.29, 0.717) is 26.7 Å². The van der Waals surface area contributed by atoms with Crippen LogP contribution in [-0.4, -0.2) is 24.9 Å². The Balaban J connectivity index is 1.64. The van der Waals surface area contributed by atoms with Crippen LogP contribution in [0, 0.1) is 0 Å². The fourth-order valence-electron chi connectivity index (χ4n) is 2.99. The van der Waals surface area contributed by atoms with Crippen molar-refractivity contribution in [3.63, 3.8) is 0 Å². The highest BCUT2D eigenvalue weighted by Crippen LogP contribution is 2.38. The first kappa shape index (κ1) is 22.9. The number of ether oxygens (including phenoxy) is 3. The third-order valence-corrected chi connectivity index (χ3v) is 5.37. The summed E-state index contributed by atoms with van der Waals surface area (Å²) < 4.78 is 16.0. The average Bonchev–Trinajstić information content (AvgIpc) is 3.15. The van der Waals surface area contributed by atoms with Gasteiger partial charge in [0.1, 0.15) is 0 Å². The molecule has 0 atom stereocenters. The Kier molecular flexibility index (Phi) is 6.70. The Labute approximate surface area is 204 Å². The molecule has 0 spiro atoms. The minimum atomic E-state index is -0.661. The van der Waals surface area contributed by atoms with Gasteiger partial charge in [0.2, 0.25) is 5.90 Å². The maximum absolute atomic E-state index is 12.4. The van der Waals surface area contributed by atoms with Crippen LogP contribution in [0.25, 0.3) is 6.08 Å². The molecule has 6 nitrogen and oxygen atoms in total. The molecule has 0 saturated carbocycles. The number of rotatable bonds is 5. The summed E-state index contributed by atoms with van der Waals surface area (Å²) in [5.74, 6) is -0.934. The van der Waals surface area contributed by atoms with E-state index in [-0.39, 0.29) is 28.1 Å². The highest BCUT2D eigenvalue weighted by atomic mass is 35.5. The van der Waals surface area contributed by atoms with Crippen LogP contribution in [-0.2, 0) is 9.53 Å². The third kappa shape index (κ3) is 5.03. The number of hydrogen-bond acceptors (Lipinski definition) is 6.